The standard InChI is InChI=1S/C20H31FN4O2/c1-2-22-20(23-14-18-7-4-10-27-18)24-15-19(25-8-11-26-12-9-25)16-5-3-6-17(21)13-16/h3,5-6,13,18-19H,2,4,7-12,14-15H2,1H3,(H2,22,23,24). The van der Waals surface area contributed by atoms with Crippen molar-refractivity contribution in [2.75, 3.05) is 52.5 Å². The van der Waals surface area contributed by atoms with Crippen LogP contribution >= 0.6 is 0 Å². The van der Waals surface area contributed by atoms with E-state index < -0.39 is 0 Å². The van der Waals surface area contributed by atoms with E-state index in [4.69, 9.17) is 14.5 Å². The molecule has 0 aromatic heterocycles. The van der Waals surface area contributed by atoms with Crippen LogP contribution in [0.5, 0.6) is 0 Å². The molecular formula is C20H31FN4O2. The predicted molar refractivity (Wildman–Crippen MR) is 104 cm³/mol. The summed E-state index contributed by atoms with van der Waals surface area (Å²) in [6.45, 7) is 8.07. The maximum absolute atomic E-state index is 13.8. The van der Waals surface area contributed by atoms with Crippen LogP contribution in [0.2, 0.25) is 0 Å². The minimum atomic E-state index is -0.210. The summed E-state index contributed by atoms with van der Waals surface area (Å²) in [6.07, 6.45) is 2.47. The lowest BCUT2D eigenvalue weighted by molar-refractivity contribution is 0.0179. The number of ether oxygens (including phenoxy) is 2. The number of halogens is 1. The number of morpholine rings is 1. The highest BCUT2D eigenvalue weighted by Gasteiger charge is 2.23. The molecule has 0 spiro atoms. The molecule has 150 valence electrons. The summed E-state index contributed by atoms with van der Waals surface area (Å²) < 4.78 is 24.9. The number of nitrogens with zero attached hydrogens (tertiary/aromatic N) is 2. The van der Waals surface area contributed by atoms with Gasteiger partial charge in [-0.3, -0.25) is 9.89 Å². The van der Waals surface area contributed by atoms with Gasteiger partial charge in [0.25, 0.3) is 0 Å². The Kier molecular flexibility index (Phi) is 7.86. The molecule has 0 amide bonds. The van der Waals surface area contributed by atoms with Crippen LogP contribution in [0.25, 0.3) is 0 Å². The number of rotatable bonds is 7. The van der Waals surface area contributed by atoms with Gasteiger partial charge in [0.1, 0.15) is 5.82 Å². The third kappa shape index (κ3) is 6.16. The van der Waals surface area contributed by atoms with Gasteiger partial charge in [-0.1, -0.05) is 12.1 Å². The fraction of sp³-hybridized carbons (Fsp3) is 0.650. The highest BCUT2D eigenvalue weighted by Crippen LogP contribution is 2.23. The van der Waals surface area contributed by atoms with Crippen molar-refractivity contribution in [3.63, 3.8) is 0 Å². The SMILES string of the molecule is CCNC(=NCC(c1cccc(F)c1)N1CCOCC1)NCC1CCCO1. The molecule has 3 rings (SSSR count). The van der Waals surface area contributed by atoms with Crippen LogP contribution in [-0.4, -0.2) is 69.5 Å². The van der Waals surface area contributed by atoms with Crippen molar-refractivity contribution < 1.29 is 13.9 Å². The molecule has 0 bridgehead atoms. The number of aliphatic imine (C=N–C) groups is 1. The lowest BCUT2D eigenvalue weighted by atomic mass is 10.0. The van der Waals surface area contributed by atoms with Gasteiger partial charge in [-0.05, 0) is 37.5 Å². The molecule has 2 aliphatic heterocycles. The van der Waals surface area contributed by atoms with E-state index in [1.165, 1.54) is 6.07 Å². The number of benzene rings is 1. The first-order chi connectivity index (χ1) is 13.3. The molecule has 0 radical (unpaired) electrons. The molecule has 2 aliphatic rings. The fourth-order valence-electron chi connectivity index (χ4n) is 3.57. The van der Waals surface area contributed by atoms with Crippen molar-refractivity contribution in [3.05, 3.63) is 35.6 Å². The van der Waals surface area contributed by atoms with E-state index in [1.54, 1.807) is 12.1 Å². The minimum absolute atomic E-state index is 0.0304. The Morgan fingerprint density at radius 2 is 2.15 bits per heavy atom. The molecule has 6 nitrogen and oxygen atoms in total. The molecule has 1 aromatic rings. The third-order valence-corrected chi connectivity index (χ3v) is 5.01. The van der Waals surface area contributed by atoms with Gasteiger partial charge in [-0.2, -0.15) is 0 Å². The van der Waals surface area contributed by atoms with Crippen LogP contribution < -0.4 is 10.6 Å². The molecule has 27 heavy (non-hydrogen) atoms. The molecule has 7 heteroatoms. The van der Waals surface area contributed by atoms with Crippen LogP contribution in [0, 0.1) is 5.82 Å². The Balaban J connectivity index is 1.68. The average Bonchev–Trinajstić information content (AvgIpc) is 3.21. The van der Waals surface area contributed by atoms with E-state index in [9.17, 15) is 4.39 Å². The molecule has 2 unspecified atom stereocenters. The summed E-state index contributed by atoms with van der Waals surface area (Å²) in [4.78, 5) is 7.11. The molecule has 0 saturated carbocycles. The van der Waals surface area contributed by atoms with E-state index >= 15 is 0 Å². The van der Waals surface area contributed by atoms with E-state index in [-0.39, 0.29) is 18.0 Å². The summed E-state index contributed by atoms with van der Waals surface area (Å²) in [5, 5.41) is 6.67. The highest BCUT2D eigenvalue weighted by molar-refractivity contribution is 5.79. The molecular weight excluding hydrogens is 347 g/mol. The lowest BCUT2D eigenvalue weighted by Crippen LogP contribution is -2.43. The van der Waals surface area contributed by atoms with Gasteiger partial charge < -0.3 is 20.1 Å². The Hall–Kier alpha value is -1.70. The van der Waals surface area contributed by atoms with Gasteiger partial charge in [-0.15, -0.1) is 0 Å². The highest BCUT2D eigenvalue weighted by atomic mass is 19.1. The van der Waals surface area contributed by atoms with E-state index in [2.05, 4.69) is 22.5 Å². The number of hydrogen-bond donors (Lipinski definition) is 2. The summed E-state index contributed by atoms with van der Waals surface area (Å²) in [5.74, 6) is 0.570. The number of nitrogens with one attached hydrogen (secondary N) is 2. The Bertz CT molecular complexity index is 601. The first kappa shape index (κ1) is 20.0. The van der Waals surface area contributed by atoms with Crippen molar-refractivity contribution in [3.8, 4) is 0 Å². The zero-order valence-corrected chi connectivity index (χ0v) is 16.1. The van der Waals surface area contributed by atoms with E-state index in [0.29, 0.717) is 19.8 Å². The van der Waals surface area contributed by atoms with Crippen molar-refractivity contribution in [2.45, 2.75) is 31.9 Å². The molecule has 2 atom stereocenters. The van der Waals surface area contributed by atoms with Gasteiger partial charge in [-0.25, -0.2) is 4.39 Å². The zero-order valence-electron chi connectivity index (χ0n) is 16.1. The zero-order chi connectivity index (χ0) is 18.9. The molecule has 0 aliphatic carbocycles. The quantitative estimate of drug-likeness (QED) is 0.561. The van der Waals surface area contributed by atoms with Crippen LogP contribution in [-0.2, 0) is 9.47 Å². The molecule has 2 fully saturated rings. The third-order valence-electron chi connectivity index (χ3n) is 5.01. The second kappa shape index (κ2) is 10.6. The summed E-state index contributed by atoms with van der Waals surface area (Å²) in [7, 11) is 0. The lowest BCUT2D eigenvalue weighted by Gasteiger charge is -2.34. The topological polar surface area (TPSA) is 58.1 Å². The van der Waals surface area contributed by atoms with Gasteiger partial charge in [0.15, 0.2) is 5.96 Å². The minimum Gasteiger partial charge on any atom is -0.379 e. The van der Waals surface area contributed by atoms with Crippen LogP contribution in [0.1, 0.15) is 31.4 Å². The van der Waals surface area contributed by atoms with E-state index in [0.717, 1.165) is 57.2 Å². The summed E-state index contributed by atoms with van der Waals surface area (Å²) in [6, 6.07) is 6.87. The molecule has 2 saturated heterocycles. The number of guanidine groups is 1. The second-order valence-electron chi connectivity index (χ2n) is 6.95. The van der Waals surface area contributed by atoms with Gasteiger partial charge in [0.05, 0.1) is 31.9 Å². The summed E-state index contributed by atoms with van der Waals surface area (Å²) >= 11 is 0. The average molecular weight is 378 g/mol. The van der Waals surface area contributed by atoms with Gasteiger partial charge >= 0.3 is 0 Å². The number of hydrogen-bond acceptors (Lipinski definition) is 4. The van der Waals surface area contributed by atoms with Crippen LogP contribution in [0.4, 0.5) is 4.39 Å². The van der Waals surface area contributed by atoms with E-state index in [1.807, 2.05) is 6.07 Å². The maximum Gasteiger partial charge on any atom is 0.191 e. The first-order valence-electron chi connectivity index (χ1n) is 9.97. The molecule has 1 aromatic carbocycles. The first-order valence-corrected chi connectivity index (χ1v) is 9.97. The Morgan fingerprint density at radius 1 is 1.30 bits per heavy atom. The fourth-order valence-corrected chi connectivity index (χ4v) is 3.57. The largest absolute Gasteiger partial charge is 0.379 e. The van der Waals surface area contributed by atoms with Crippen molar-refractivity contribution in [2.24, 2.45) is 4.99 Å². The smallest absolute Gasteiger partial charge is 0.191 e. The monoisotopic (exact) mass is 378 g/mol. The van der Waals surface area contributed by atoms with Crippen LogP contribution in [0.15, 0.2) is 29.3 Å². The summed E-state index contributed by atoms with van der Waals surface area (Å²) in [5.41, 5.74) is 0.954. The maximum atomic E-state index is 13.8. The normalized spacial score (nSPS) is 22.6. The van der Waals surface area contributed by atoms with Crippen LogP contribution in [0.3, 0.4) is 0 Å². The predicted octanol–water partition coefficient (Wildman–Crippen LogP) is 1.93. The van der Waals surface area contributed by atoms with Gasteiger partial charge in [0.2, 0.25) is 0 Å². The molecule has 2 heterocycles. The molecule has 2 N–H and O–H groups in total. The Morgan fingerprint density at radius 3 is 2.85 bits per heavy atom. The van der Waals surface area contributed by atoms with Gasteiger partial charge in [0, 0.05) is 32.8 Å². The van der Waals surface area contributed by atoms with Crippen molar-refractivity contribution >= 4 is 5.96 Å². The van der Waals surface area contributed by atoms with Crippen molar-refractivity contribution in [1.82, 2.24) is 15.5 Å². The second-order valence-corrected chi connectivity index (χ2v) is 6.95. The van der Waals surface area contributed by atoms with Crippen molar-refractivity contribution in [1.29, 1.82) is 0 Å². The Labute approximate surface area is 161 Å².